The summed E-state index contributed by atoms with van der Waals surface area (Å²) in [5, 5.41) is 3.11. The molecule has 20 heavy (non-hydrogen) atoms. The smallest absolute Gasteiger partial charge is 0.340 e. The summed E-state index contributed by atoms with van der Waals surface area (Å²) in [5.41, 5.74) is 1.78. The van der Waals surface area contributed by atoms with Crippen molar-refractivity contribution < 1.29 is 13.9 Å². The molecule has 0 amide bonds. The lowest BCUT2D eigenvalue weighted by Gasteiger charge is -2.11. The summed E-state index contributed by atoms with van der Waals surface area (Å²) >= 11 is 3.37. The number of anilines is 1. The Morgan fingerprint density at radius 1 is 1.25 bits per heavy atom. The van der Waals surface area contributed by atoms with Crippen molar-refractivity contribution >= 4 is 27.6 Å². The topological polar surface area (TPSA) is 38.3 Å². The first-order valence-electron chi connectivity index (χ1n) is 5.96. The standard InChI is InChI=1S/C15H13BrFNO2/c1-20-15(19)13-8-12(17)6-7-14(13)18-9-10-2-4-11(16)5-3-10/h2-8,18H,9H2,1H3. The minimum atomic E-state index is -0.567. The summed E-state index contributed by atoms with van der Waals surface area (Å²) in [6.07, 6.45) is 0. The molecule has 0 saturated carbocycles. The van der Waals surface area contributed by atoms with E-state index in [1.807, 2.05) is 24.3 Å². The number of rotatable bonds is 4. The first-order chi connectivity index (χ1) is 9.60. The van der Waals surface area contributed by atoms with Crippen LogP contribution in [0.15, 0.2) is 46.9 Å². The highest BCUT2D eigenvalue weighted by atomic mass is 79.9. The molecule has 2 rings (SSSR count). The zero-order chi connectivity index (χ0) is 14.5. The third kappa shape index (κ3) is 3.57. The molecule has 0 unspecified atom stereocenters. The summed E-state index contributed by atoms with van der Waals surface area (Å²) in [7, 11) is 1.27. The number of methoxy groups -OCH3 is 1. The number of hydrogen-bond acceptors (Lipinski definition) is 3. The van der Waals surface area contributed by atoms with Crippen LogP contribution in [0.2, 0.25) is 0 Å². The van der Waals surface area contributed by atoms with Crippen molar-refractivity contribution in [1.29, 1.82) is 0 Å². The van der Waals surface area contributed by atoms with E-state index in [4.69, 9.17) is 0 Å². The third-order valence-electron chi connectivity index (χ3n) is 2.78. The molecule has 3 nitrogen and oxygen atoms in total. The highest BCUT2D eigenvalue weighted by molar-refractivity contribution is 9.10. The number of benzene rings is 2. The molecule has 0 spiro atoms. The number of nitrogens with one attached hydrogen (secondary N) is 1. The molecule has 0 bridgehead atoms. The Labute approximate surface area is 124 Å². The second-order valence-corrected chi connectivity index (χ2v) is 5.08. The number of ether oxygens (including phenoxy) is 1. The Bertz CT molecular complexity index is 614. The van der Waals surface area contributed by atoms with Crippen LogP contribution in [0.4, 0.5) is 10.1 Å². The van der Waals surface area contributed by atoms with Gasteiger partial charge < -0.3 is 10.1 Å². The lowest BCUT2D eigenvalue weighted by atomic mass is 10.1. The van der Waals surface area contributed by atoms with Crippen LogP contribution in [0, 0.1) is 5.82 Å². The Morgan fingerprint density at radius 2 is 1.95 bits per heavy atom. The second kappa shape index (κ2) is 6.52. The maximum absolute atomic E-state index is 13.2. The van der Waals surface area contributed by atoms with Gasteiger partial charge in [-0.2, -0.15) is 0 Å². The Balaban J connectivity index is 2.16. The molecule has 0 aromatic heterocycles. The van der Waals surface area contributed by atoms with Gasteiger partial charge in [-0.3, -0.25) is 0 Å². The second-order valence-electron chi connectivity index (χ2n) is 4.16. The summed E-state index contributed by atoms with van der Waals surface area (Å²) in [6.45, 7) is 0.531. The highest BCUT2D eigenvalue weighted by Gasteiger charge is 2.12. The first kappa shape index (κ1) is 14.5. The monoisotopic (exact) mass is 337 g/mol. The molecule has 2 aromatic rings. The molecule has 0 radical (unpaired) electrons. The van der Waals surface area contributed by atoms with E-state index in [-0.39, 0.29) is 5.56 Å². The molecule has 2 aromatic carbocycles. The van der Waals surface area contributed by atoms with Gasteiger partial charge in [-0.25, -0.2) is 9.18 Å². The summed E-state index contributed by atoms with van der Waals surface area (Å²) < 4.78 is 18.9. The number of carbonyl (C=O) groups is 1. The molecular weight excluding hydrogens is 325 g/mol. The van der Waals surface area contributed by atoms with Crippen LogP contribution in [0.5, 0.6) is 0 Å². The maximum Gasteiger partial charge on any atom is 0.340 e. The van der Waals surface area contributed by atoms with E-state index in [9.17, 15) is 9.18 Å². The van der Waals surface area contributed by atoms with Crippen LogP contribution in [0.25, 0.3) is 0 Å². The summed E-state index contributed by atoms with van der Waals surface area (Å²) in [4.78, 5) is 11.6. The number of hydrogen-bond donors (Lipinski definition) is 1. The fourth-order valence-electron chi connectivity index (χ4n) is 1.75. The molecule has 0 aliphatic heterocycles. The minimum absolute atomic E-state index is 0.185. The molecule has 0 saturated heterocycles. The van der Waals surface area contributed by atoms with Gasteiger partial charge in [0.15, 0.2) is 0 Å². The van der Waals surface area contributed by atoms with Gasteiger partial charge in [0.25, 0.3) is 0 Å². The molecule has 5 heteroatoms. The van der Waals surface area contributed by atoms with Gasteiger partial charge in [0, 0.05) is 16.7 Å². The zero-order valence-electron chi connectivity index (χ0n) is 10.8. The molecule has 104 valence electrons. The summed E-state index contributed by atoms with van der Waals surface area (Å²) in [5.74, 6) is -1.04. The fraction of sp³-hybridized carbons (Fsp3) is 0.133. The predicted molar refractivity (Wildman–Crippen MR) is 79.2 cm³/mol. The van der Waals surface area contributed by atoms with Crippen molar-refractivity contribution in [1.82, 2.24) is 0 Å². The van der Waals surface area contributed by atoms with E-state index in [0.29, 0.717) is 12.2 Å². The fourth-order valence-corrected chi connectivity index (χ4v) is 2.01. The van der Waals surface area contributed by atoms with Gasteiger partial charge in [-0.1, -0.05) is 28.1 Å². The molecule has 0 atom stereocenters. The van der Waals surface area contributed by atoms with Gasteiger partial charge >= 0.3 is 5.97 Å². The van der Waals surface area contributed by atoms with Gasteiger partial charge in [0.05, 0.1) is 12.7 Å². The number of carbonyl (C=O) groups excluding carboxylic acids is 1. The van der Waals surface area contributed by atoms with Gasteiger partial charge in [-0.15, -0.1) is 0 Å². The van der Waals surface area contributed by atoms with Crippen LogP contribution < -0.4 is 5.32 Å². The minimum Gasteiger partial charge on any atom is -0.465 e. The van der Waals surface area contributed by atoms with E-state index in [2.05, 4.69) is 26.0 Å². The van der Waals surface area contributed by atoms with E-state index >= 15 is 0 Å². The van der Waals surface area contributed by atoms with Crippen LogP contribution in [-0.4, -0.2) is 13.1 Å². The zero-order valence-corrected chi connectivity index (χ0v) is 12.4. The van der Waals surface area contributed by atoms with Gasteiger partial charge in [0.2, 0.25) is 0 Å². The van der Waals surface area contributed by atoms with Crippen LogP contribution in [-0.2, 0) is 11.3 Å². The van der Waals surface area contributed by atoms with Crippen molar-refractivity contribution in [3.63, 3.8) is 0 Å². The number of halogens is 2. The molecule has 0 aliphatic carbocycles. The van der Waals surface area contributed by atoms with E-state index in [1.165, 1.54) is 19.2 Å². The molecule has 1 N–H and O–H groups in total. The van der Waals surface area contributed by atoms with Crippen molar-refractivity contribution in [2.45, 2.75) is 6.54 Å². The normalized spacial score (nSPS) is 10.2. The van der Waals surface area contributed by atoms with E-state index in [1.54, 1.807) is 0 Å². The van der Waals surface area contributed by atoms with Crippen molar-refractivity contribution in [3.8, 4) is 0 Å². The maximum atomic E-state index is 13.2. The largest absolute Gasteiger partial charge is 0.465 e. The van der Waals surface area contributed by atoms with Crippen molar-refractivity contribution in [3.05, 3.63) is 63.9 Å². The SMILES string of the molecule is COC(=O)c1cc(F)ccc1NCc1ccc(Br)cc1. The average Bonchev–Trinajstić information content (AvgIpc) is 2.46. The number of esters is 1. The third-order valence-corrected chi connectivity index (χ3v) is 3.31. The Morgan fingerprint density at radius 3 is 2.60 bits per heavy atom. The van der Waals surface area contributed by atoms with E-state index in [0.717, 1.165) is 16.1 Å². The highest BCUT2D eigenvalue weighted by Crippen LogP contribution is 2.19. The lowest BCUT2D eigenvalue weighted by molar-refractivity contribution is 0.0601. The summed E-state index contributed by atoms with van der Waals surface area (Å²) in [6, 6.07) is 11.8. The molecule has 0 heterocycles. The van der Waals surface area contributed by atoms with Crippen LogP contribution in [0.3, 0.4) is 0 Å². The molecule has 0 aliphatic rings. The van der Waals surface area contributed by atoms with Crippen molar-refractivity contribution in [2.75, 3.05) is 12.4 Å². The molecular formula is C15H13BrFNO2. The quantitative estimate of drug-likeness (QED) is 0.857. The average molecular weight is 338 g/mol. The first-order valence-corrected chi connectivity index (χ1v) is 6.75. The van der Waals surface area contributed by atoms with Crippen LogP contribution >= 0.6 is 15.9 Å². The Kier molecular flexibility index (Phi) is 4.74. The van der Waals surface area contributed by atoms with Gasteiger partial charge in [-0.05, 0) is 35.9 Å². The van der Waals surface area contributed by atoms with Crippen LogP contribution in [0.1, 0.15) is 15.9 Å². The van der Waals surface area contributed by atoms with Crippen molar-refractivity contribution in [2.24, 2.45) is 0 Å². The van der Waals surface area contributed by atoms with E-state index < -0.39 is 11.8 Å². The van der Waals surface area contributed by atoms with Gasteiger partial charge in [0.1, 0.15) is 5.82 Å². The molecule has 0 fully saturated rings. The lowest BCUT2D eigenvalue weighted by Crippen LogP contribution is -2.08. The predicted octanol–water partition coefficient (Wildman–Crippen LogP) is 3.99. The Hall–Kier alpha value is -1.88.